The van der Waals surface area contributed by atoms with E-state index in [-0.39, 0.29) is 22.0 Å². The van der Waals surface area contributed by atoms with Crippen molar-refractivity contribution in [1.82, 2.24) is 10.2 Å². The fourth-order valence-electron chi connectivity index (χ4n) is 1.44. The topological polar surface area (TPSA) is 133 Å². The number of hydrogen-bond acceptors (Lipinski definition) is 5. The Balaban J connectivity index is 2.40. The second-order valence-electron chi connectivity index (χ2n) is 3.57. The van der Waals surface area contributed by atoms with Gasteiger partial charge in [-0.1, -0.05) is 17.3 Å². The Morgan fingerprint density at radius 1 is 1.42 bits per heavy atom. The van der Waals surface area contributed by atoms with Crippen LogP contribution in [-0.2, 0) is 10.0 Å². The number of benzene rings is 1. The van der Waals surface area contributed by atoms with E-state index in [0.29, 0.717) is 0 Å². The molecule has 5 N–H and O–H groups in total. The van der Waals surface area contributed by atoms with Crippen molar-refractivity contribution < 1.29 is 13.6 Å². The molecule has 0 spiro atoms. The SMILES string of the molecule is N/C(=N/O)c1ccccc1NS(=O)(=O)c1cn[nH]c1. The van der Waals surface area contributed by atoms with E-state index in [4.69, 9.17) is 10.9 Å². The summed E-state index contributed by atoms with van der Waals surface area (Å²) in [6, 6.07) is 6.30. The van der Waals surface area contributed by atoms with Crippen LogP contribution in [0.25, 0.3) is 0 Å². The van der Waals surface area contributed by atoms with Gasteiger partial charge in [0.2, 0.25) is 0 Å². The average molecular weight is 281 g/mol. The standard InChI is InChI=1S/C10H11N5O3S/c11-10(14-16)8-3-1-2-4-9(8)15-19(17,18)7-5-12-13-6-7/h1-6,15-16H,(H2,11,14)(H,12,13). The smallest absolute Gasteiger partial charge is 0.265 e. The molecule has 0 saturated heterocycles. The zero-order valence-electron chi connectivity index (χ0n) is 9.61. The Morgan fingerprint density at radius 3 is 2.79 bits per heavy atom. The van der Waals surface area contributed by atoms with Crippen molar-refractivity contribution in [3.05, 3.63) is 42.2 Å². The lowest BCUT2D eigenvalue weighted by Crippen LogP contribution is -2.19. The molecule has 0 aliphatic rings. The highest BCUT2D eigenvalue weighted by atomic mass is 32.2. The molecular formula is C10H11N5O3S. The fourth-order valence-corrected chi connectivity index (χ4v) is 2.42. The number of nitrogens with one attached hydrogen (secondary N) is 2. The number of rotatable bonds is 4. The second-order valence-corrected chi connectivity index (χ2v) is 5.25. The summed E-state index contributed by atoms with van der Waals surface area (Å²) in [5.41, 5.74) is 5.96. The van der Waals surface area contributed by atoms with Gasteiger partial charge >= 0.3 is 0 Å². The molecule has 0 fully saturated rings. The van der Waals surface area contributed by atoms with Crippen LogP contribution in [0.4, 0.5) is 5.69 Å². The Morgan fingerprint density at radius 2 is 2.16 bits per heavy atom. The number of amidine groups is 1. The lowest BCUT2D eigenvalue weighted by molar-refractivity contribution is 0.318. The molecular weight excluding hydrogens is 270 g/mol. The first-order chi connectivity index (χ1) is 9.04. The van der Waals surface area contributed by atoms with E-state index in [0.717, 1.165) is 0 Å². The quantitative estimate of drug-likeness (QED) is 0.277. The van der Waals surface area contributed by atoms with Crippen molar-refractivity contribution in [2.45, 2.75) is 4.90 Å². The number of anilines is 1. The molecule has 0 atom stereocenters. The van der Waals surface area contributed by atoms with Crippen molar-refractivity contribution in [2.75, 3.05) is 4.72 Å². The summed E-state index contributed by atoms with van der Waals surface area (Å²) in [6.07, 6.45) is 2.42. The number of para-hydroxylation sites is 1. The van der Waals surface area contributed by atoms with Crippen LogP contribution in [0.1, 0.15) is 5.56 Å². The Bertz CT molecular complexity index is 694. The summed E-state index contributed by atoms with van der Waals surface area (Å²) in [5, 5.41) is 17.5. The molecule has 0 radical (unpaired) electrons. The molecule has 8 nitrogen and oxygen atoms in total. The maximum atomic E-state index is 12.0. The van der Waals surface area contributed by atoms with Gasteiger partial charge in [0.25, 0.3) is 10.0 Å². The van der Waals surface area contributed by atoms with Gasteiger partial charge in [0.15, 0.2) is 5.84 Å². The van der Waals surface area contributed by atoms with E-state index in [1.807, 2.05) is 0 Å². The molecule has 0 bridgehead atoms. The molecule has 19 heavy (non-hydrogen) atoms. The first kappa shape index (κ1) is 12.9. The third kappa shape index (κ3) is 2.65. The maximum Gasteiger partial charge on any atom is 0.265 e. The van der Waals surface area contributed by atoms with E-state index in [9.17, 15) is 8.42 Å². The number of aromatic nitrogens is 2. The zero-order chi connectivity index (χ0) is 13.9. The van der Waals surface area contributed by atoms with Gasteiger partial charge < -0.3 is 10.9 Å². The molecule has 1 aromatic heterocycles. The van der Waals surface area contributed by atoms with Crippen molar-refractivity contribution in [3.8, 4) is 0 Å². The van der Waals surface area contributed by atoms with Crippen molar-refractivity contribution in [3.63, 3.8) is 0 Å². The highest BCUT2D eigenvalue weighted by Gasteiger charge is 2.17. The van der Waals surface area contributed by atoms with E-state index in [1.165, 1.54) is 24.5 Å². The van der Waals surface area contributed by atoms with Gasteiger partial charge in [-0.2, -0.15) is 5.10 Å². The van der Waals surface area contributed by atoms with Crippen molar-refractivity contribution in [1.29, 1.82) is 0 Å². The largest absolute Gasteiger partial charge is 0.409 e. The summed E-state index contributed by atoms with van der Waals surface area (Å²) < 4.78 is 26.4. The number of nitrogens with two attached hydrogens (primary N) is 1. The van der Waals surface area contributed by atoms with Gasteiger partial charge in [0.1, 0.15) is 4.90 Å². The summed E-state index contributed by atoms with van der Waals surface area (Å²) in [4.78, 5) is -0.0122. The van der Waals surface area contributed by atoms with Crippen molar-refractivity contribution >= 4 is 21.5 Å². The Kier molecular flexibility index (Phi) is 3.38. The molecule has 100 valence electrons. The van der Waals surface area contributed by atoms with E-state index in [2.05, 4.69) is 20.1 Å². The number of H-pyrrole nitrogens is 1. The van der Waals surface area contributed by atoms with Crippen molar-refractivity contribution in [2.24, 2.45) is 10.9 Å². The van der Waals surface area contributed by atoms with Gasteiger partial charge in [-0.25, -0.2) is 8.42 Å². The molecule has 2 aromatic rings. The van der Waals surface area contributed by atoms with Gasteiger partial charge in [-0.15, -0.1) is 0 Å². The van der Waals surface area contributed by atoms with Crippen LogP contribution in [0.2, 0.25) is 0 Å². The predicted molar refractivity (Wildman–Crippen MR) is 68.3 cm³/mol. The summed E-state index contributed by atoms with van der Waals surface area (Å²) in [6.45, 7) is 0. The minimum atomic E-state index is -3.77. The third-order valence-corrected chi connectivity index (χ3v) is 3.67. The molecule has 0 saturated carbocycles. The number of aromatic amines is 1. The molecule has 0 aliphatic heterocycles. The van der Waals surface area contributed by atoms with Crippen LogP contribution in [0.15, 0.2) is 46.7 Å². The predicted octanol–water partition coefficient (Wildman–Crippen LogP) is 0.305. The van der Waals surface area contributed by atoms with Crippen LogP contribution in [0.3, 0.4) is 0 Å². The lowest BCUT2D eigenvalue weighted by Gasteiger charge is -2.10. The molecule has 0 aliphatic carbocycles. The zero-order valence-corrected chi connectivity index (χ0v) is 10.4. The lowest BCUT2D eigenvalue weighted by atomic mass is 10.2. The highest BCUT2D eigenvalue weighted by Crippen LogP contribution is 2.19. The van der Waals surface area contributed by atoms with Gasteiger partial charge in [0.05, 0.1) is 11.9 Å². The Hall–Kier alpha value is -2.55. The number of nitrogens with zero attached hydrogens (tertiary/aromatic N) is 2. The van der Waals surface area contributed by atoms with Gasteiger partial charge in [-0.05, 0) is 12.1 Å². The monoisotopic (exact) mass is 281 g/mol. The second kappa shape index (κ2) is 4.98. The summed E-state index contributed by atoms with van der Waals surface area (Å²) >= 11 is 0. The van der Waals surface area contributed by atoms with Crippen LogP contribution in [-0.4, -0.2) is 29.7 Å². The minimum Gasteiger partial charge on any atom is -0.409 e. The summed E-state index contributed by atoms with van der Waals surface area (Å²) in [7, 11) is -3.77. The van der Waals surface area contributed by atoms with Crippen LogP contribution < -0.4 is 10.5 Å². The van der Waals surface area contributed by atoms with E-state index >= 15 is 0 Å². The molecule has 1 heterocycles. The molecule has 2 rings (SSSR count). The number of hydrogen-bond donors (Lipinski definition) is 4. The maximum absolute atomic E-state index is 12.0. The van der Waals surface area contributed by atoms with Gasteiger partial charge in [0, 0.05) is 11.8 Å². The highest BCUT2D eigenvalue weighted by molar-refractivity contribution is 7.92. The van der Waals surface area contributed by atoms with Gasteiger partial charge in [-0.3, -0.25) is 9.82 Å². The molecule has 0 unspecified atom stereocenters. The average Bonchev–Trinajstić information content (AvgIpc) is 2.93. The molecule has 1 aromatic carbocycles. The normalized spacial score (nSPS) is 12.3. The van der Waals surface area contributed by atoms with Crippen LogP contribution >= 0.6 is 0 Å². The molecule has 9 heteroatoms. The molecule has 0 amide bonds. The fraction of sp³-hybridized carbons (Fsp3) is 0. The number of sulfonamides is 1. The van der Waals surface area contributed by atoms with Crippen LogP contribution in [0, 0.1) is 0 Å². The number of oxime groups is 1. The first-order valence-corrected chi connectivity index (χ1v) is 6.61. The van der Waals surface area contributed by atoms with E-state index in [1.54, 1.807) is 12.1 Å². The third-order valence-electron chi connectivity index (χ3n) is 2.34. The summed E-state index contributed by atoms with van der Waals surface area (Å²) in [5.74, 6) is -0.189. The minimum absolute atomic E-state index is 0.0122. The van der Waals surface area contributed by atoms with Crippen LogP contribution in [0.5, 0.6) is 0 Å². The first-order valence-electron chi connectivity index (χ1n) is 5.13. The Labute approximate surface area is 109 Å². The van der Waals surface area contributed by atoms with E-state index < -0.39 is 10.0 Å².